The van der Waals surface area contributed by atoms with Crippen LogP contribution >= 0.6 is 0 Å². The van der Waals surface area contributed by atoms with Gasteiger partial charge in [0.05, 0.1) is 44.2 Å². The van der Waals surface area contributed by atoms with Crippen molar-refractivity contribution >= 4 is 55.9 Å². The molecule has 0 spiro atoms. The lowest BCUT2D eigenvalue weighted by Gasteiger charge is -2.21. The van der Waals surface area contributed by atoms with Crippen LogP contribution in [0.3, 0.4) is 0 Å². The van der Waals surface area contributed by atoms with Crippen molar-refractivity contribution in [2.75, 3.05) is 39.3 Å². The molecule has 2 heterocycles. The zero-order valence-electron chi connectivity index (χ0n) is 26.2. The molecule has 0 saturated heterocycles. The summed E-state index contributed by atoms with van der Waals surface area (Å²) in [5, 5.41) is 6.10. The predicted octanol–water partition coefficient (Wildman–Crippen LogP) is 4.70. The highest BCUT2D eigenvalue weighted by molar-refractivity contribution is 6.07. The summed E-state index contributed by atoms with van der Waals surface area (Å²) in [5.74, 6) is -0.329. The van der Waals surface area contributed by atoms with E-state index >= 15 is 0 Å². The van der Waals surface area contributed by atoms with Crippen LogP contribution in [-0.4, -0.2) is 75.9 Å². The van der Waals surface area contributed by atoms with Crippen molar-refractivity contribution in [3.63, 3.8) is 0 Å². The van der Waals surface area contributed by atoms with Crippen LogP contribution in [0.25, 0.3) is 44.1 Å². The van der Waals surface area contributed by atoms with Gasteiger partial charge in [0.1, 0.15) is 11.0 Å². The standard InChI is InChI=1S/C36H38N8O2/c1-23-9-3-13-27-31(23)42-33-25(11-5-15-29(33)40-27)35(45)38-18-7-20-44(22-17-37)21-8-19-39-36(46)26-12-6-16-30-34(26)43-32-24(2)10-4-14-28(32)41-30/h3-6,9-16H,7-8,17-22,37H2,1-2H3,(H,38,45)(H,39,46). The number of fused-ring (bicyclic) bond motifs is 4. The Hall–Kier alpha value is -5.06. The Morgan fingerprint density at radius 2 is 1.00 bits per heavy atom. The number of hydrogen-bond donors (Lipinski definition) is 3. The minimum atomic E-state index is -0.165. The van der Waals surface area contributed by atoms with E-state index in [-0.39, 0.29) is 11.8 Å². The molecule has 6 aromatic rings. The first-order chi connectivity index (χ1) is 22.4. The second-order valence-corrected chi connectivity index (χ2v) is 11.5. The average Bonchev–Trinajstić information content (AvgIpc) is 3.06. The first kappa shape index (κ1) is 30.9. The molecule has 0 radical (unpaired) electrons. The van der Waals surface area contributed by atoms with Gasteiger partial charge in [0.2, 0.25) is 0 Å². The van der Waals surface area contributed by atoms with E-state index in [4.69, 9.17) is 25.7 Å². The van der Waals surface area contributed by atoms with Crippen molar-refractivity contribution in [2.45, 2.75) is 26.7 Å². The molecule has 0 aliphatic heterocycles. The van der Waals surface area contributed by atoms with Gasteiger partial charge in [-0.2, -0.15) is 0 Å². The smallest absolute Gasteiger partial charge is 0.253 e. The third-order valence-electron chi connectivity index (χ3n) is 8.20. The fraction of sp³-hybridized carbons (Fsp3) is 0.278. The first-order valence-electron chi connectivity index (χ1n) is 15.7. The SMILES string of the molecule is Cc1cccc2nc3cccc(C(=O)NCCCN(CCN)CCCNC(=O)c4cccc5nc6cccc(C)c6nc45)c3nc12. The molecule has 0 saturated carbocycles. The normalized spacial score (nSPS) is 11.6. The van der Waals surface area contributed by atoms with Gasteiger partial charge in [0, 0.05) is 26.2 Å². The summed E-state index contributed by atoms with van der Waals surface area (Å²) in [4.78, 5) is 47.6. The molecule has 0 bridgehead atoms. The van der Waals surface area contributed by atoms with Gasteiger partial charge in [-0.3, -0.25) is 9.59 Å². The van der Waals surface area contributed by atoms with E-state index in [1.54, 1.807) is 12.1 Å². The number of nitrogens with one attached hydrogen (secondary N) is 2. The second kappa shape index (κ2) is 13.9. The molecule has 2 aromatic heterocycles. The van der Waals surface area contributed by atoms with Crippen LogP contribution in [-0.2, 0) is 0 Å². The minimum Gasteiger partial charge on any atom is -0.352 e. The van der Waals surface area contributed by atoms with Crippen LogP contribution in [0.15, 0.2) is 72.8 Å². The number of nitrogens with zero attached hydrogens (tertiary/aromatic N) is 5. The molecular formula is C36H38N8O2. The number of rotatable bonds is 12. The van der Waals surface area contributed by atoms with Crippen molar-refractivity contribution in [3.05, 3.63) is 95.1 Å². The maximum absolute atomic E-state index is 13.1. The lowest BCUT2D eigenvalue weighted by molar-refractivity contribution is 0.0947. The average molecular weight is 615 g/mol. The minimum absolute atomic E-state index is 0.165. The topological polar surface area (TPSA) is 139 Å². The largest absolute Gasteiger partial charge is 0.352 e. The molecule has 0 unspecified atom stereocenters. The van der Waals surface area contributed by atoms with E-state index in [1.807, 2.05) is 74.5 Å². The Kier molecular flexibility index (Phi) is 9.37. The summed E-state index contributed by atoms with van der Waals surface area (Å²) in [6.07, 6.45) is 1.53. The molecule has 10 nitrogen and oxygen atoms in total. The maximum Gasteiger partial charge on any atom is 0.253 e. The van der Waals surface area contributed by atoms with Crippen LogP contribution < -0.4 is 16.4 Å². The Morgan fingerprint density at radius 3 is 1.43 bits per heavy atom. The summed E-state index contributed by atoms with van der Waals surface area (Å²) >= 11 is 0. The number of para-hydroxylation sites is 4. The molecule has 234 valence electrons. The number of amides is 2. The van der Waals surface area contributed by atoms with Crippen LogP contribution in [0.4, 0.5) is 0 Å². The number of hydrogen-bond acceptors (Lipinski definition) is 8. The van der Waals surface area contributed by atoms with Crippen molar-refractivity contribution in [3.8, 4) is 0 Å². The van der Waals surface area contributed by atoms with Crippen molar-refractivity contribution in [1.29, 1.82) is 0 Å². The quantitative estimate of drug-likeness (QED) is 0.133. The van der Waals surface area contributed by atoms with Gasteiger partial charge in [0.15, 0.2) is 0 Å². The number of benzene rings is 4. The highest BCUT2D eigenvalue weighted by Gasteiger charge is 2.15. The lowest BCUT2D eigenvalue weighted by Crippen LogP contribution is -2.35. The molecule has 0 aliphatic rings. The van der Waals surface area contributed by atoms with Crippen molar-refractivity contribution in [2.24, 2.45) is 5.73 Å². The van der Waals surface area contributed by atoms with Crippen LogP contribution in [0.5, 0.6) is 0 Å². The molecular weight excluding hydrogens is 576 g/mol. The van der Waals surface area contributed by atoms with Gasteiger partial charge in [-0.15, -0.1) is 0 Å². The molecule has 0 fully saturated rings. The predicted molar refractivity (Wildman–Crippen MR) is 183 cm³/mol. The number of nitrogens with two attached hydrogens (primary N) is 1. The van der Waals surface area contributed by atoms with E-state index in [9.17, 15) is 9.59 Å². The van der Waals surface area contributed by atoms with Crippen LogP contribution in [0, 0.1) is 13.8 Å². The zero-order chi connectivity index (χ0) is 32.0. The van der Waals surface area contributed by atoms with Gasteiger partial charge in [-0.25, -0.2) is 19.9 Å². The van der Waals surface area contributed by atoms with Gasteiger partial charge in [0.25, 0.3) is 11.8 Å². The first-order valence-corrected chi connectivity index (χ1v) is 15.7. The van der Waals surface area contributed by atoms with E-state index in [0.717, 1.165) is 65.7 Å². The Balaban J connectivity index is 1.00. The van der Waals surface area contributed by atoms with Gasteiger partial charge < -0.3 is 21.3 Å². The Labute approximate surface area is 267 Å². The third kappa shape index (κ3) is 6.63. The van der Waals surface area contributed by atoms with Gasteiger partial charge >= 0.3 is 0 Å². The van der Waals surface area contributed by atoms with E-state index in [1.165, 1.54) is 0 Å². The van der Waals surface area contributed by atoms with Gasteiger partial charge in [-0.1, -0.05) is 36.4 Å². The second-order valence-electron chi connectivity index (χ2n) is 11.5. The summed E-state index contributed by atoms with van der Waals surface area (Å²) < 4.78 is 0. The number of carbonyl (C=O) groups excluding carboxylic acids is 2. The molecule has 2 amide bonds. The Morgan fingerprint density at radius 1 is 0.587 bits per heavy atom. The summed E-state index contributed by atoms with van der Waals surface area (Å²) in [7, 11) is 0. The highest BCUT2D eigenvalue weighted by Crippen LogP contribution is 2.23. The lowest BCUT2D eigenvalue weighted by atomic mass is 10.1. The Bertz CT molecular complexity index is 1920. The van der Waals surface area contributed by atoms with Crippen LogP contribution in [0.1, 0.15) is 44.7 Å². The fourth-order valence-corrected chi connectivity index (χ4v) is 5.80. The fourth-order valence-electron chi connectivity index (χ4n) is 5.80. The molecule has 6 rings (SSSR count). The number of carbonyl (C=O) groups is 2. The van der Waals surface area contributed by atoms with Gasteiger partial charge in [-0.05, 0) is 87.3 Å². The monoisotopic (exact) mass is 614 g/mol. The van der Waals surface area contributed by atoms with Crippen molar-refractivity contribution in [1.82, 2.24) is 35.5 Å². The van der Waals surface area contributed by atoms with E-state index in [0.29, 0.717) is 52.8 Å². The molecule has 4 N–H and O–H groups in total. The maximum atomic E-state index is 13.1. The number of aromatic nitrogens is 4. The molecule has 0 atom stereocenters. The zero-order valence-corrected chi connectivity index (χ0v) is 26.2. The van der Waals surface area contributed by atoms with E-state index < -0.39 is 0 Å². The molecule has 4 aromatic carbocycles. The molecule has 0 aliphatic carbocycles. The summed E-state index contributed by atoms with van der Waals surface area (Å²) in [6.45, 7) is 7.84. The highest BCUT2D eigenvalue weighted by atomic mass is 16.2. The van der Waals surface area contributed by atoms with Crippen LogP contribution in [0.2, 0.25) is 0 Å². The van der Waals surface area contributed by atoms with Crippen molar-refractivity contribution < 1.29 is 9.59 Å². The molecule has 46 heavy (non-hydrogen) atoms. The number of aryl methyl sites for hydroxylation is 2. The molecule has 10 heteroatoms. The summed E-state index contributed by atoms with van der Waals surface area (Å²) in [5.41, 5.74) is 14.8. The van der Waals surface area contributed by atoms with E-state index in [2.05, 4.69) is 15.5 Å². The third-order valence-corrected chi connectivity index (χ3v) is 8.20. The summed E-state index contributed by atoms with van der Waals surface area (Å²) in [6, 6.07) is 22.8.